The highest BCUT2D eigenvalue weighted by Crippen LogP contribution is 2.23. The van der Waals surface area contributed by atoms with Gasteiger partial charge < -0.3 is 15.2 Å². The lowest BCUT2D eigenvalue weighted by Crippen LogP contribution is -2.57. The summed E-state index contributed by atoms with van der Waals surface area (Å²) in [5.74, 6) is -4.33. The first kappa shape index (κ1) is 15.4. The van der Waals surface area contributed by atoms with Gasteiger partial charge in [0.05, 0.1) is 0 Å². The first-order valence-electron chi connectivity index (χ1n) is 6.45. The average Bonchev–Trinajstić information content (AvgIpc) is 2.44. The normalized spacial score (nSPS) is 17.3. The fraction of sp³-hybridized carbons (Fsp3) is 0.429. The maximum Gasteiger partial charge on any atom is 0.329 e. The van der Waals surface area contributed by atoms with Crippen LogP contribution in [0.2, 0.25) is 0 Å². The maximum absolute atomic E-state index is 13.9. The van der Waals surface area contributed by atoms with Crippen LogP contribution < -0.4 is 5.32 Å². The van der Waals surface area contributed by atoms with E-state index in [1.165, 1.54) is 13.0 Å². The van der Waals surface area contributed by atoms with Gasteiger partial charge in [-0.3, -0.25) is 4.79 Å². The molecule has 1 aromatic rings. The van der Waals surface area contributed by atoms with Crippen molar-refractivity contribution in [3.05, 3.63) is 34.9 Å². The van der Waals surface area contributed by atoms with Crippen LogP contribution in [0, 0.1) is 18.6 Å². The quantitative estimate of drug-likeness (QED) is 0.889. The van der Waals surface area contributed by atoms with Gasteiger partial charge in [0.1, 0.15) is 22.7 Å². The first-order valence-corrected chi connectivity index (χ1v) is 6.45. The van der Waals surface area contributed by atoms with Crippen molar-refractivity contribution in [2.24, 2.45) is 0 Å². The number of hydrogen-bond acceptors (Lipinski definition) is 3. The average molecular weight is 299 g/mol. The summed E-state index contributed by atoms with van der Waals surface area (Å²) in [6, 6.07) is 2.19. The Kier molecular flexibility index (Phi) is 4.22. The van der Waals surface area contributed by atoms with Gasteiger partial charge in [0.25, 0.3) is 5.91 Å². The van der Waals surface area contributed by atoms with E-state index < -0.39 is 34.6 Å². The molecule has 0 spiro atoms. The van der Waals surface area contributed by atoms with E-state index in [9.17, 15) is 23.5 Å². The Morgan fingerprint density at radius 3 is 2.48 bits per heavy atom. The molecule has 114 valence electrons. The van der Waals surface area contributed by atoms with Crippen LogP contribution in [0.1, 0.15) is 28.8 Å². The Balaban J connectivity index is 2.32. The number of ether oxygens (including phenoxy) is 1. The van der Waals surface area contributed by atoms with Crippen molar-refractivity contribution in [3.8, 4) is 0 Å². The molecule has 0 aliphatic carbocycles. The Labute approximate surface area is 119 Å². The molecule has 0 unspecified atom stereocenters. The van der Waals surface area contributed by atoms with E-state index in [0.717, 1.165) is 6.07 Å². The lowest BCUT2D eigenvalue weighted by atomic mass is 9.89. The summed E-state index contributed by atoms with van der Waals surface area (Å²) in [6.07, 6.45) is 0.0895. The second-order valence-corrected chi connectivity index (χ2v) is 5.01. The molecule has 1 fully saturated rings. The topological polar surface area (TPSA) is 75.6 Å². The molecule has 1 aliphatic heterocycles. The molecule has 0 saturated carbocycles. The number of halogens is 2. The van der Waals surface area contributed by atoms with E-state index in [2.05, 4.69) is 5.32 Å². The summed E-state index contributed by atoms with van der Waals surface area (Å²) in [6.45, 7) is 1.71. The highest BCUT2D eigenvalue weighted by molar-refractivity contribution is 5.98. The van der Waals surface area contributed by atoms with Crippen LogP contribution in [0.3, 0.4) is 0 Å². The van der Waals surface area contributed by atoms with Crippen molar-refractivity contribution >= 4 is 11.9 Å². The molecule has 1 amide bonds. The molecule has 2 rings (SSSR count). The SMILES string of the molecule is Cc1ccc(F)c(C(=O)NC2(C(=O)O)CCOCC2)c1F. The highest BCUT2D eigenvalue weighted by Gasteiger charge is 2.42. The second-order valence-electron chi connectivity index (χ2n) is 5.01. The van der Waals surface area contributed by atoms with Crippen LogP contribution in [0.15, 0.2) is 12.1 Å². The van der Waals surface area contributed by atoms with Gasteiger partial charge in [-0.05, 0) is 18.6 Å². The molecule has 1 saturated heterocycles. The predicted molar refractivity (Wildman–Crippen MR) is 69.0 cm³/mol. The van der Waals surface area contributed by atoms with E-state index in [0.29, 0.717) is 0 Å². The summed E-state index contributed by atoms with van der Waals surface area (Å²) in [5.41, 5.74) is -2.21. The Hall–Kier alpha value is -2.02. The van der Waals surface area contributed by atoms with Gasteiger partial charge in [0.15, 0.2) is 0 Å². The van der Waals surface area contributed by atoms with E-state index in [1.807, 2.05) is 0 Å². The fourth-order valence-corrected chi connectivity index (χ4v) is 2.26. The number of carboxylic acid groups (broad SMARTS) is 1. The van der Waals surface area contributed by atoms with Crippen LogP contribution >= 0.6 is 0 Å². The van der Waals surface area contributed by atoms with Crippen molar-refractivity contribution in [1.82, 2.24) is 5.32 Å². The number of carbonyl (C=O) groups excluding carboxylic acids is 1. The van der Waals surface area contributed by atoms with E-state index in [-0.39, 0.29) is 31.6 Å². The first-order chi connectivity index (χ1) is 9.87. The number of hydrogen-bond donors (Lipinski definition) is 2. The molecule has 5 nitrogen and oxygen atoms in total. The molecule has 0 atom stereocenters. The minimum absolute atomic E-state index is 0.0448. The van der Waals surface area contributed by atoms with Crippen LogP contribution in [0.25, 0.3) is 0 Å². The summed E-state index contributed by atoms with van der Waals surface area (Å²) in [5, 5.41) is 11.6. The van der Waals surface area contributed by atoms with Crippen LogP contribution in [0.5, 0.6) is 0 Å². The third-order valence-corrected chi connectivity index (χ3v) is 3.62. The Morgan fingerprint density at radius 2 is 1.90 bits per heavy atom. The molecule has 1 aromatic carbocycles. The van der Waals surface area contributed by atoms with E-state index in [1.54, 1.807) is 0 Å². The van der Waals surface area contributed by atoms with Crippen LogP contribution in [0.4, 0.5) is 8.78 Å². The molecule has 0 bridgehead atoms. The molecule has 7 heteroatoms. The van der Waals surface area contributed by atoms with Gasteiger partial charge in [0.2, 0.25) is 0 Å². The molecular weight excluding hydrogens is 284 g/mol. The number of benzene rings is 1. The molecule has 1 aliphatic rings. The smallest absolute Gasteiger partial charge is 0.329 e. The van der Waals surface area contributed by atoms with Crippen molar-refractivity contribution in [1.29, 1.82) is 0 Å². The molecule has 2 N–H and O–H groups in total. The molecule has 0 radical (unpaired) electrons. The minimum atomic E-state index is -1.56. The van der Waals surface area contributed by atoms with Gasteiger partial charge in [0, 0.05) is 26.1 Å². The zero-order chi connectivity index (χ0) is 15.6. The summed E-state index contributed by atoms with van der Waals surface area (Å²) in [4.78, 5) is 23.5. The lowest BCUT2D eigenvalue weighted by Gasteiger charge is -2.33. The third-order valence-electron chi connectivity index (χ3n) is 3.62. The number of amides is 1. The van der Waals surface area contributed by atoms with Gasteiger partial charge in [-0.15, -0.1) is 0 Å². The monoisotopic (exact) mass is 299 g/mol. The highest BCUT2D eigenvalue weighted by atomic mass is 19.1. The second kappa shape index (κ2) is 5.77. The van der Waals surface area contributed by atoms with Crippen LogP contribution in [-0.4, -0.2) is 35.7 Å². The summed E-state index contributed by atoms with van der Waals surface area (Å²) in [7, 11) is 0. The molecule has 1 heterocycles. The minimum Gasteiger partial charge on any atom is -0.480 e. The standard InChI is InChI=1S/C14H15F2NO4/c1-8-2-3-9(15)10(11(8)16)12(18)17-14(13(19)20)4-6-21-7-5-14/h2-3H,4-7H2,1H3,(H,17,18)(H,19,20). The van der Waals surface area contributed by atoms with Crippen LogP contribution in [-0.2, 0) is 9.53 Å². The number of rotatable bonds is 3. The lowest BCUT2D eigenvalue weighted by molar-refractivity contribution is -0.148. The number of carbonyl (C=O) groups is 2. The molecule has 0 aromatic heterocycles. The third kappa shape index (κ3) is 2.87. The van der Waals surface area contributed by atoms with Gasteiger partial charge in [-0.1, -0.05) is 6.07 Å². The molecule has 21 heavy (non-hydrogen) atoms. The number of aryl methyl sites for hydroxylation is 1. The number of aliphatic carboxylic acids is 1. The zero-order valence-corrected chi connectivity index (χ0v) is 11.4. The zero-order valence-electron chi connectivity index (χ0n) is 11.4. The molecular formula is C14H15F2NO4. The summed E-state index contributed by atoms with van der Waals surface area (Å²) < 4.78 is 32.7. The predicted octanol–water partition coefficient (Wildman–Crippen LogP) is 1.64. The van der Waals surface area contributed by atoms with E-state index in [4.69, 9.17) is 4.74 Å². The van der Waals surface area contributed by atoms with Crippen molar-refractivity contribution in [2.45, 2.75) is 25.3 Å². The van der Waals surface area contributed by atoms with E-state index >= 15 is 0 Å². The van der Waals surface area contributed by atoms with Crippen molar-refractivity contribution in [3.63, 3.8) is 0 Å². The van der Waals surface area contributed by atoms with Crippen molar-refractivity contribution in [2.75, 3.05) is 13.2 Å². The Morgan fingerprint density at radius 1 is 1.29 bits per heavy atom. The van der Waals surface area contributed by atoms with Crippen molar-refractivity contribution < 1.29 is 28.2 Å². The summed E-state index contributed by atoms with van der Waals surface area (Å²) >= 11 is 0. The fourth-order valence-electron chi connectivity index (χ4n) is 2.26. The van der Waals surface area contributed by atoms with Gasteiger partial charge in [-0.25, -0.2) is 13.6 Å². The Bertz CT molecular complexity index is 583. The van der Waals surface area contributed by atoms with Gasteiger partial charge >= 0.3 is 5.97 Å². The number of nitrogens with one attached hydrogen (secondary N) is 1. The number of carboxylic acids is 1. The maximum atomic E-state index is 13.9. The largest absolute Gasteiger partial charge is 0.480 e. The van der Waals surface area contributed by atoms with Gasteiger partial charge in [-0.2, -0.15) is 0 Å².